The molecule has 3 aliphatic heterocycles. The Morgan fingerprint density at radius 3 is 2.83 bits per heavy atom. The van der Waals surface area contributed by atoms with Gasteiger partial charge in [0.15, 0.2) is 0 Å². The molecule has 2 atom stereocenters. The molecule has 0 spiro atoms. The Bertz CT molecular complexity index is 845. The van der Waals surface area contributed by atoms with Gasteiger partial charge >= 0.3 is 0 Å². The quantitative estimate of drug-likeness (QED) is 0.629. The largest absolute Gasteiger partial charge is 0.322 e. The van der Waals surface area contributed by atoms with E-state index in [1.165, 1.54) is 4.90 Å². The maximum absolute atomic E-state index is 14.0. The lowest BCUT2D eigenvalue weighted by molar-refractivity contribution is -0.136. The lowest BCUT2D eigenvalue weighted by Crippen LogP contribution is -2.52. The fourth-order valence-electron chi connectivity index (χ4n) is 4.30. The van der Waals surface area contributed by atoms with Crippen molar-refractivity contribution in [3.05, 3.63) is 34.9 Å². The summed E-state index contributed by atoms with van der Waals surface area (Å²) in [5, 5.41) is 8.40. The number of fused-ring (bicyclic) bond motifs is 1. The number of hydrogen-bond donors (Lipinski definition) is 3. The molecule has 0 aliphatic carbocycles. The number of carbonyl (C=O) groups is 3. The second-order valence-corrected chi connectivity index (χ2v) is 7.89. The van der Waals surface area contributed by atoms with Gasteiger partial charge in [0.25, 0.3) is 11.8 Å². The summed E-state index contributed by atoms with van der Waals surface area (Å²) in [6.07, 6.45) is 0.353. The number of carbonyl (C=O) groups excluding carboxylic acids is 3. The molecular weight excluding hydrogens is 382 g/mol. The third-order valence-electron chi connectivity index (χ3n) is 6.01. The van der Waals surface area contributed by atoms with Crippen molar-refractivity contribution in [3.63, 3.8) is 0 Å². The number of nitrogens with zero attached hydrogens (tertiary/aromatic N) is 1. The van der Waals surface area contributed by atoms with Crippen molar-refractivity contribution in [2.75, 3.05) is 19.6 Å². The molecule has 29 heavy (non-hydrogen) atoms. The number of hydrogen-bond acceptors (Lipinski definition) is 5. The standard InChI is InChI=1S/C20H24F2N4O3/c21-20(22)6-7-23-9-13(20)10-24-8-12-2-1-3-14-15(12)11-26(19(14)29)16-4-5-17(27)25-18(16)28/h1-3,13,16,23-24H,4-11H2,(H,25,27,28). The predicted octanol–water partition coefficient (Wildman–Crippen LogP) is 0.782. The second-order valence-electron chi connectivity index (χ2n) is 7.89. The Balaban J connectivity index is 1.43. The van der Waals surface area contributed by atoms with Gasteiger partial charge in [-0.15, -0.1) is 0 Å². The van der Waals surface area contributed by atoms with E-state index in [-0.39, 0.29) is 44.3 Å². The van der Waals surface area contributed by atoms with E-state index in [0.717, 1.165) is 11.1 Å². The van der Waals surface area contributed by atoms with Crippen molar-refractivity contribution in [3.8, 4) is 0 Å². The summed E-state index contributed by atoms with van der Waals surface area (Å²) in [4.78, 5) is 37.9. The van der Waals surface area contributed by atoms with Gasteiger partial charge in [-0.25, -0.2) is 8.78 Å². The smallest absolute Gasteiger partial charge is 0.255 e. The van der Waals surface area contributed by atoms with Crippen molar-refractivity contribution in [2.45, 2.75) is 44.3 Å². The van der Waals surface area contributed by atoms with Crippen LogP contribution in [-0.4, -0.2) is 54.2 Å². The van der Waals surface area contributed by atoms with Crippen LogP contribution < -0.4 is 16.0 Å². The highest BCUT2D eigenvalue weighted by Crippen LogP contribution is 2.31. The molecule has 1 aromatic rings. The third-order valence-corrected chi connectivity index (χ3v) is 6.01. The summed E-state index contributed by atoms with van der Waals surface area (Å²) in [5.41, 5.74) is 2.19. The molecule has 0 saturated carbocycles. The summed E-state index contributed by atoms with van der Waals surface area (Å²) in [6.45, 7) is 1.42. The fourth-order valence-corrected chi connectivity index (χ4v) is 4.30. The molecule has 1 aromatic carbocycles. The van der Waals surface area contributed by atoms with Gasteiger partial charge in [-0.2, -0.15) is 0 Å². The van der Waals surface area contributed by atoms with E-state index in [9.17, 15) is 23.2 Å². The minimum absolute atomic E-state index is 0.157. The zero-order chi connectivity index (χ0) is 20.6. The second kappa shape index (κ2) is 7.79. The van der Waals surface area contributed by atoms with E-state index in [4.69, 9.17) is 0 Å². The van der Waals surface area contributed by atoms with E-state index in [1.54, 1.807) is 12.1 Å². The molecular formula is C20H24F2N4O3. The van der Waals surface area contributed by atoms with Gasteiger partial charge < -0.3 is 15.5 Å². The molecule has 3 heterocycles. The van der Waals surface area contributed by atoms with Crippen LogP contribution in [0.25, 0.3) is 0 Å². The molecule has 3 aliphatic rings. The van der Waals surface area contributed by atoms with Gasteiger partial charge in [-0.1, -0.05) is 12.1 Å². The van der Waals surface area contributed by atoms with Crippen LogP contribution in [-0.2, 0) is 22.7 Å². The molecule has 156 valence electrons. The van der Waals surface area contributed by atoms with Crippen LogP contribution >= 0.6 is 0 Å². The van der Waals surface area contributed by atoms with Crippen LogP contribution in [0.2, 0.25) is 0 Å². The van der Waals surface area contributed by atoms with Gasteiger partial charge in [0.2, 0.25) is 11.8 Å². The number of alkyl halides is 2. The van der Waals surface area contributed by atoms with Gasteiger partial charge in [0.05, 0.1) is 0 Å². The Morgan fingerprint density at radius 2 is 2.07 bits per heavy atom. The average Bonchev–Trinajstić information content (AvgIpc) is 3.00. The first kappa shape index (κ1) is 19.9. The Morgan fingerprint density at radius 1 is 1.24 bits per heavy atom. The van der Waals surface area contributed by atoms with Crippen LogP contribution in [0, 0.1) is 5.92 Å². The van der Waals surface area contributed by atoms with Crippen LogP contribution in [0.3, 0.4) is 0 Å². The number of rotatable bonds is 5. The maximum Gasteiger partial charge on any atom is 0.255 e. The molecule has 0 bridgehead atoms. The third kappa shape index (κ3) is 3.89. The average molecular weight is 406 g/mol. The van der Waals surface area contributed by atoms with Gasteiger partial charge in [0.1, 0.15) is 6.04 Å². The van der Waals surface area contributed by atoms with Gasteiger partial charge in [-0.05, 0) is 23.6 Å². The summed E-state index contributed by atoms with van der Waals surface area (Å²) in [7, 11) is 0. The molecule has 7 nitrogen and oxygen atoms in total. The van der Waals surface area contributed by atoms with Crippen molar-refractivity contribution >= 4 is 17.7 Å². The molecule has 3 N–H and O–H groups in total. The Hall–Kier alpha value is -2.39. The summed E-state index contributed by atoms with van der Waals surface area (Å²) >= 11 is 0. The number of benzene rings is 1. The van der Waals surface area contributed by atoms with Crippen LogP contribution in [0.15, 0.2) is 18.2 Å². The summed E-state index contributed by atoms with van der Waals surface area (Å²) < 4.78 is 28.0. The van der Waals surface area contributed by atoms with Crippen molar-refractivity contribution < 1.29 is 23.2 Å². The van der Waals surface area contributed by atoms with E-state index in [2.05, 4.69) is 16.0 Å². The van der Waals surface area contributed by atoms with E-state index < -0.39 is 23.8 Å². The summed E-state index contributed by atoms with van der Waals surface area (Å²) in [6, 6.07) is 4.68. The van der Waals surface area contributed by atoms with Crippen LogP contribution in [0.1, 0.15) is 40.7 Å². The highest BCUT2D eigenvalue weighted by molar-refractivity contribution is 6.05. The summed E-state index contributed by atoms with van der Waals surface area (Å²) in [5.74, 6) is -4.47. The molecule has 2 saturated heterocycles. The molecule has 2 fully saturated rings. The first-order chi connectivity index (χ1) is 13.9. The number of amides is 3. The topological polar surface area (TPSA) is 90.5 Å². The van der Waals surface area contributed by atoms with Crippen molar-refractivity contribution in [1.29, 1.82) is 0 Å². The van der Waals surface area contributed by atoms with E-state index in [0.29, 0.717) is 25.1 Å². The van der Waals surface area contributed by atoms with E-state index in [1.807, 2.05) is 6.07 Å². The number of nitrogens with one attached hydrogen (secondary N) is 3. The zero-order valence-electron chi connectivity index (χ0n) is 16.0. The fraction of sp³-hybridized carbons (Fsp3) is 0.550. The lowest BCUT2D eigenvalue weighted by Gasteiger charge is -2.32. The lowest BCUT2D eigenvalue weighted by atomic mass is 9.94. The van der Waals surface area contributed by atoms with Crippen molar-refractivity contribution in [2.24, 2.45) is 5.92 Å². The maximum atomic E-state index is 14.0. The normalized spacial score (nSPS) is 26.4. The van der Waals surface area contributed by atoms with E-state index >= 15 is 0 Å². The Kier molecular flexibility index (Phi) is 5.35. The highest BCUT2D eigenvalue weighted by Gasteiger charge is 2.41. The van der Waals surface area contributed by atoms with Crippen molar-refractivity contribution in [1.82, 2.24) is 20.9 Å². The van der Waals surface area contributed by atoms with Crippen LogP contribution in [0.4, 0.5) is 8.78 Å². The predicted molar refractivity (Wildman–Crippen MR) is 100 cm³/mol. The molecule has 2 unspecified atom stereocenters. The van der Waals surface area contributed by atoms with Gasteiger partial charge in [-0.3, -0.25) is 19.7 Å². The Labute approximate surface area is 167 Å². The SMILES string of the molecule is O=C1CCC(N2Cc3c(CNCC4CNCCC4(F)F)cccc3C2=O)C(=O)N1. The molecule has 4 rings (SSSR count). The minimum Gasteiger partial charge on any atom is -0.322 e. The van der Waals surface area contributed by atoms with Gasteiger partial charge in [0, 0.05) is 57.0 Å². The minimum atomic E-state index is -2.69. The monoisotopic (exact) mass is 406 g/mol. The van der Waals surface area contributed by atoms with Crippen LogP contribution in [0.5, 0.6) is 0 Å². The number of piperidine rings is 2. The number of halogens is 2. The first-order valence-corrected chi connectivity index (χ1v) is 9.91. The number of imide groups is 1. The molecule has 0 radical (unpaired) electrons. The zero-order valence-corrected chi connectivity index (χ0v) is 16.0. The first-order valence-electron chi connectivity index (χ1n) is 9.91. The highest BCUT2D eigenvalue weighted by atomic mass is 19.3. The molecule has 9 heteroatoms. The molecule has 3 amide bonds. The molecule has 0 aromatic heterocycles.